The van der Waals surface area contributed by atoms with E-state index in [0.29, 0.717) is 11.9 Å². The van der Waals surface area contributed by atoms with E-state index in [9.17, 15) is 0 Å². The van der Waals surface area contributed by atoms with E-state index in [1.807, 2.05) is 12.1 Å². The summed E-state index contributed by atoms with van der Waals surface area (Å²) in [6.07, 6.45) is 1.15. The minimum absolute atomic E-state index is 0.486. The summed E-state index contributed by atoms with van der Waals surface area (Å²) in [4.78, 5) is 6.93. The van der Waals surface area contributed by atoms with Crippen LogP contribution in [0.3, 0.4) is 0 Å². The van der Waals surface area contributed by atoms with Gasteiger partial charge in [0.2, 0.25) is 0 Å². The van der Waals surface area contributed by atoms with Crippen molar-refractivity contribution < 1.29 is 0 Å². The van der Waals surface area contributed by atoms with Crippen molar-refractivity contribution in [3.63, 3.8) is 0 Å². The van der Waals surface area contributed by atoms with Gasteiger partial charge >= 0.3 is 0 Å². The third-order valence-corrected chi connectivity index (χ3v) is 4.80. The quantitative estimate of drug-likeness (QED) is 0.616. The van der Waals surface area contributed by atoms with Crippen molar-refractivity contribution in [1.29, 1.82) is 0 Å². The monoisotopic (exact) mass is 386 g/mol. The molecule has 126 valence electrons. The Hall–Kier alpha value is -2.01. The van der Waals surface area contributed by atoms with Gasteiger partial charge in [-0.3, -0.25) is 4.99 Å². The summed E-state index contributed by atoms with van der Waals surface area (Å²) in [6.45, 7) is 4.92. The zero-order valence-corrected chi connectivity index (χ0v) is 15.5. The number of halogens is 1. The summed E-state index contributed by atoms with van der Waals surface area (Å²) in [7, 11) is 0. The molecule has 0 radical (unpaired) electrons. The van der Waals surface area contributed by atoms with Gasteiger partial charge in [0, 0.05) is 35.5 Å². The van der Waals surface area contributed by atoms with E-state index >= 15 is 0 Å². The van der Waals surface area contributed by atoms with Crippen molar-refractivity contribution in [3.8, 4) is 0 Å². The first-order chi connectivity index (χ1) is 11.6. The Morgan fingerprint density at radius 1 is 1.29 bits per heavy atom. The number of aryl methyl sites for hydroxylation is 1. The second-order valence-electron chi connectivity index (χ2n) is 6.30. The Balaban J connectivity index is 1.52. The molecule has 1 heterocycles. The summed E-state index contributed by atoms with van der Waals surface area (Å²) < 4.78 is 1.12. The minimum Gasteiger partial charge on any atom is -0.371 e. The van der Waals surface area contributed by atoms with E-state index < -0.39 is 0 Å². The van der Waals surface area contributed by atoms with Gasteiger partial charge in [-0.25, -0.2) is 0 Å². The van der Waals surface area contributed by atoms with Gasteiger partial charge in [-0.15, -0.1) is 0 Å². The Labute approximate surface area is 151 Å². The van der Waals surface area contributed by atoms with E-state index in [1.165, 1.54) is 11.3 Å². The molecule has 0 bridgehead atoms. The van der Waals surface area contributed by atoms with Gasteiger partial charge < -0.3 is 16.0 Å². The SMILES string of the molecule is Cc1ccc(NC(N)=NCC2CCN(c3cccc(Br)c3)C2)cc1. The standard InChI is InChI=1S/C19H23BrN4/c1-14-5-7-17(8-6-14)23-19(21)22-12-15-9-10-24(13-15)18-4-2-3-16(20)11-18/h2-8,11,15H,9-10,12-13H2,1H3,(H3,21,22,23). The topological polar surface area (TPSA) is 53.6 Å². The molecular weight excluding hydrogens is 364 g/mol. The molecule has 1 saturated heterocycles. The Morgan fingerprint density at radius 2 is 2.08 bits per heavy atom. The van der Waals surface area contributed by atoms with Crippen LogP contribution in [0, 0.1) is 12.8 Å². The lowest BCUT2D eigenvalue weighted by Gasteiger charge is -2.18. The predicted molar refractivity (Wildman–Crippen MR) is 106 cm³/mol. The first-order valence-corrected chi connectivity index (χ1v) is 9.03. The highest BCUT2D eigenvalue weighted by molar-refractivity contribution is 9.10. The molecule has 1 unspecified atom stereocenters. The molecule has 0 saturated carbocycles. The second-order valence-corrected chi connectivity index (χ2v) is 7.21. The largest absolute Gasteiger partial charge is 0.371 e. The van der Waals surface area contributed by atoms with Gasteiger partial charge in [-0.1, -0.05) is 39.7 Å². The summed E-state index contributed by atoms with van der Waals surface area (Å²) in [5.41, 5.74) is 9.48. The molecule has 1 fully saturated rings. The number of anilines is 2. The van der Waals surface area contributed by atoms with Gasteiger partial charge in [-0.05, 0) is 49.6 Å². The van der Waals surface area contributed by atoms with Gasteiger partial charge in [0.05, 0.1) is 0 Å². The van der Waals surface area contributed by atoms with Crippen molar-refractivity contribution in [3.05, 3.63) is 58.6 Å². The van der Waals surface area contributed by atoms with Gasteiger partial charge in [0.1, 0.15) is 0 Å². The van der Waals surface area contributed by atoms with Crippen LogP contribution >= 0.6 is 15.9 Å². The number of guanidine groups is 1. The number of nitrogens with two attached hydrogens (primary N) is 1. The number of aliphatic imine (C=N–C) groups is 1. The molecule has 0 aromatic heterocycles. The Kier molecular flexibility index (Phi) is 5.41. The highest BCUT2D eigenvalue weighted by Crippen LogP contribution is 2.26. The lowest BCUT2D eigenvalue weighted by molar-refractivity contribution is 0.603. The van der Waals surface area contributed by atoms with Crippen LogP contribution in [0.15, 0.2) is 58.0 Å². The second kappa shape index (κ2) is 7.71. The van der Waals surface area contributed by atoms with E-state index in [-0.39, 0.29) is 0 Å². The van der Waals surface area contributed by atoms with Crippen molar-refractivity contribution in [2.24, 2.45) is 16.6 Å². The summed E-state index contributed by atoms with van der Waals surface area (Å²) in [5, 5.41) is 3.15. The molecule has 0 spiro atoms. The molecule has 0 aliphatic carbocycles. The average Bonchev–Trinajstić information content (AvgIpc) is 3.04. The average molecular weight is 387 g/mol. The van der Waals surface area contributed by atoms with E-state index in [1.54, 1.807) is 0 Å². The number of benzene rings is 2. The fourth-order valence-corrected chi connectivity index (χ4v) is 3.33. The lowest BCUT2D eigenvalue weighted by Crippen LogP contribution is -2.25. The smallest absolute Gasteiger partial charge is 0.193 e. The molecule has 1 atom stereocenters. The maximum atomic E-state index is 6.01. The fourth-order valence-electron chi connectivity index (χ4n) is 2.94. The molecule has 4 nitrogen and oxygen atoms in total. The molecular formula is C19H23BrN4. The molecule has 2 aromatic carbocycles. The van der Waals surface area contributed by atoms with E-state index in [0.717, 1.165) is 36.2 Å². The number of nitrogens with one attached hydrogen (secondary N) is 1. The van der Waals surface area contributed by atoms with Crippen molar-refractivity contribution in [2.75, 3.05) is 29.9 Å². The van der Waals surface area contributed by atoms with Crippen LogP contribution in [0.1, 0.15) is 12.0 Å². The zero-order chi connectivity index (χ0) is 16.9. The van der Waals surface area contributed by atoms with Crippen LogP contribution < -0.4 is 16.0 Å². The van der Waals surface area contributed by atoms with Crippen LogP contribution in [0.4, 0.5) is 11.4 Å². The summed E-state index contributed by atoms with van der Waals surface area (Å²) in [5.74, 6) is 1.03. The maximum Gasteiger partial charge on any atom is 0.193 e. The molecule has 5 heteroatoms. The Morgan fingerprint density at radius 3 is 2.83 bits per heavy atom. The number of hydrogen-bond acceptors (Lipinski definition) is 2. The highest BCUT2D eigenvalue weighted by Gasteiger charge is 2.22. The first-order valence-electron chi connectivity index (χ1n) is 8.24. The van der Waals surface area contributed by atoms with E-state index in [2.05, 4.69) is 74.5 Å². The molecule has 0 amide bonds. The molecule has 1 aliphatic heterocycles. The van der Waals surface area contributed by atoms with Gasteiger partial charge in [0.15, 0.2) is 5.96 Å². The highest BCUT2D eigenvalue weighted by atomic mass is 79.9. The van der Waals surface area contributed by atoms with Crippen LogP contribution in [0.2, 0.25) is 0 Å². The van der Waals surface area contributed by atoms with Crippen LogP contribution in [0.5, 0.6) is 0 Å². The maximum absolute atomic E-state index is 6.01. The van der Waals surface area contributed by atoms with Crippen molar-refractivity contribution >= 4 is 33.3 Å². The molecule has 24 heavy (non-hydrogen) atoms. The third-order valence-electron chi connectivity index (χ3n) is 4.30. The zero-order valence-electron chi connectivity index (χ0n) is 13.9. The predicted octanol–water partition coefficient (Wildman–Crippen LogP) is 4.01. The third kappa shape index (κ3) is 4.51. The molecule has 3 rings (SSSR count). The molecule has 2 aromatic rings. The van der Waals surface area contributed by atoms with Crippen molar-refractivity contribution in [1.82, 2.24) is 0 Å². The van der Waals surface area contributed by atoms with Gasteiger partial charge in [0.25, 0.3) is 0 Å². The lowest BCUT2D eigenvalue weighted by atomic mass is 10.1. The summed E-state index contributed by atoms with van der Waals surface area (Å²) >= 11 is 3.54. The number of nitrogens with zero attached hydrogens (tertiary/aromatic N) is 2. The summed E-state index contributed by atoms with van der Waals surface area (Å²) in [6, 6.07) is 16.6. The minimum atomic E-state index is 0.486. The first kappa shape index (κ1) is 16.8. The van der Waals surface area contributed by atoms with Crippen molar-refractivity contribution in [2.45, 2.75) is 13.3 Å². The molecule has 1 aliphatic rings. The van der Waals surface area contributed by atoms with Crippen LogP contribution in [-0.4, -0.2) is 25.6 Å². The van der Waals surface area contributed by atoms with E-state index in [4.69, 9.17) is 5.73 Å². The fraction of sp³-hybridized carbons (Fsp3) is 0.316. The van der Waals surface area contributed by atoms with Crippen LogP contribution in [-0.2, 0) is 0 Å². The van der Waals surface area contributed by atoms with Crippen LogP contribution in [0.25, 0.3) is 0 Å². The Bertz CT molecular complexity index is 712. The number of rotatable bonds is 4. The van der Waals surface area contributed by atoms with Gasteiger partial charge in [-0.2, -0.15) is 0 Å². The molecule has 3 N–H and O–H groups in total. The number of hydrogen-bond donors (Lipinski definition) is 2. The normalized spacial score (nSPS) is 18.0.